The lowest BCUT2D eigenvalue weighted by molar-refractivity contribution is 0.169. The maximum absolute atomic E-state index is 6.08. The van der Waals surface area contributed by atoms with Crippen LogP contribution >= 0.6 is 0 Å². The number of hydrogen-bond acceptors (Lipinski definition) is 5. The summed E-state index contributed by atoms with van der Waals surface area (Å²) in [4.78, 5) is 11.6. The van der Waals surface area contributed by atoms with Gasteiger partial charge in [-0.1, -0.05) is 6.07 Å². The van der Waals surface area contributed by atoms with Gasteiger partial charge in [0.2, 0.25) is 5.88 Å². The number of pyridine rings is 2. The molecule has 1 fully saturated rings. The summed E-state index contributed by atoms with van der Waals surface area (Å²) >= 11 is 0. The van der Waals surface area contributed by atoms with E-state index in [1.807, 2.05) is 12.1 Å². The Hall–Kier alpha value is -2.30. The van der Waals surface area contributed by atoms with E-state index in [1.54, 1.807) is 13.3 Å². The maximum atomic E-state index is 6.08. The standard InChI is InChI=1S/C20H25N3O2/c1-14-12-15-4-3-5-18(15)22-20(14)23-10-8-16(9-11-23)25-17-6-7-19(24-2)21-13-17/h6-7,12-13,16H,3-5,8-11H2,1-2H3. The largest absolute Gasteiger partial charge is 0.489 e. The van der Waals surface area contributed by atoms with E-state index >= 15 is 0 Å². The molecule has 0 amide bonds. The Balaban J connectivity index is 1.38. The molecule has 2 aromatic heterocycles. The molecule has 25 heavy (non-hydrogen) atoms. The Morgan fingerprint density at radius 2 is 2.00 bits per heavy atom. The molecular formula is C20H25N3O2. The van der Waals surface area contributed by atoms with E-state index in [0.717, 1.165) is 38.1 Å². The van der Waals surface area contributed by atoms with Gasteiger partial charge in [0.1, 0.15) is 17.7 Å². The molecule has 3 heterocycles. The number of anilines is 1. The Bertz CT molecular complexity index is 737. The van der Waals surface area contributed by atoms with Crippen LogP contribution in [0.2, 0.25) is 0 Å². The maximum Gasteiger partial charge on any atom is 0.213 e. The highest BCUT2D eigenvalue weighted by Crippen LogP contribution is 2.29. The van der Waals surface area contributed by atoms with E-state index in [4.69, 9.17) is 14.5 Å². The third-order valence-corrected chi connectivity index (χ3v) is 5.18. The third-order valence-electron chi connectivity index (χ3n) is 5.18. The highest BCUT2D eigenvalue weighted by atomic mass is 16.5. The van der Waals surface area contributed by atoms with Gasteiger partial charge in [-0.2, -0.15) is 0 Å². The molecule has 2 aromatic rings. The highest BCUT2D eigenvalue weighted by Gasteiger charge is 2.24. The fraction of sp³-hybridized carbons (Fsp3) is 0.500. The molecule has 0 spiro atoms. The number of aryl methyl sites for hydroxylation is 3. The van der Waals surface area contributed by atoms with Crippen LogP contribution in [-0.2, 0) is 12.8 Å². The average molecular weight is 339 g/mol. The van der Waals surface area contributed by atoms with Gasteiger partial charge in [-0.05, 0) is 43.4 Å². The van der Waals surface area contributed by atoms with E-state index in [2.05, 4.69) is 22.9 Å². The molecule has 5 heteroatoms. The normalized spacial score (nSPS) is 17.4. The monoisotopic (exact) mass is 339 g/mol. The number of piperidine rings is 1. The molecule has 4 rings (SSSR count). The lowest BCUT2D eigenvalue weighted by Gasteiger charge is -2.34. The topological polar surface area (TPSA) is 47.5 Å². The van der Waals surface area contributed by atoms with Crippen molar-refractivity contribution in [3.05, 3.63) is 41.2 Å². The molecule has 2 aliphatic rings. The van der Waals surface area contributed by atoms with Crippen molar-refractivity contribution < 1.29 is 9.47 Å². The fourth-order valence-electron chi connectivity index (χ4n) is 3.83. The van der Waals surface area contributed by atoms with Crippen molar-refractivity contribution in [3.8, 4) is 11.6 Å². The quantitative estimate of drug-likeness (QED) is 0.855. The summed E-state index contributed by atoms with van der Waals surface area (Å²) < 4.78 is 11.2. The van der Waals surface area contributed by atoms with Crippen LogP contribution in [0.3, 0.4) is 0 Å². The van der Waals surface area contributed by atoms with Gasteiger partial charge in [0, 0.05) is 37.7 Å². The van der Waals surface area contributed by atoms with E-state index in [9.17, 15) is 0 Å². The molecular weight excluding hydrogens is 314 g/mol. The smallest absolute Gasteiger partial charge is 0.213 e. The Morgan fingerprint density at radius 3 is 2.72 bits per heavy atom. The summed E-state index contributed by atoms with van der Waals surface area (Å²) in [6, 6.07) is 6.10. The number of rotatable bonds is 4. The van der Waals surface area contributed by atoms with Gasteiger partial charge in [0.15, 0.2) is 0 Å². The SMILES string of the molecule is COc1ccc(OC2CCN(c3nc4c(cc3C)CCC4)CC2)cn1. The first-order chi connectivity index (χ1) is 12.2. The van der Waals surface area contributed by atoms with Crippen LogP contribution in [-0.4, -0.2) is 36.3 Å². The van der Waals surface area contributed by atoms with Crippen molar-refractivity contribution in [1.82, 2.24) is 9.97 Å². The first-order valence-corrected chi connectivity index (χ1v) is 9.14. The zero-order valence-electron chi connectivity index (χ0n) is 15.0. The predicted molar refractivity (Wildman–Crippen MR) is 97.7 cm³/mol. The number of hydrogen-bond donors (Lipinski definition) is 0. The van der Waals surface area contributed by atoms with Crippen LogP contribution in [0.15, 0.2) is 24.4 Å². The number of aromatic nitrogens is 2. The van der Waals surface area contributed by atoms with E-state index < -0.39 is 0 Å². The molecule has 0 unspecified atom stereocenters. The lowest BCUT2D eigenvalue weighted by atomic mass is 10.1. The van der Waals surface area contributed by atoms with Crippen LogP contribution in [0.5, 0.6) is 11.6 Å². The van der Waals surface area contributed by atoms with E-state index in [-0.39, 0.29) is 6.10 Å². The van der Waals surface area contributed by atoms with Crippen molar-refractivity contribution in [2.45, 2.75) is 45.1 Å². The van der Waals surface area contributed by atoms with E-state index in [0.29, 0.717) is 5.88 Å². The van der Waals surface area contributed by atoms with Crippen LogP contribution < -0.4 is 14.4 Å². The van der Waals surface area contributed by atoms with Crippen LogP contribution in [0.25, 0.3) is 0 Å². The number of fused-ring (bicyclic) bond motifs is 1. The van der Waals surface area contributed by atoms with Gasteiger partial charge in [0.05, 0.1) is 13.3 Å². The molecule has 132 valence electrons. The predicted octanol–water partition coefficient (Wildman–Crippen LogP) is 3.33. The zero-order valence-corrected chi connectivity index (χ0v) is 15.0. The molecule has 0 bridgehead atoms. The fourth-order valence-corrected chi connectivity index (χ4v) is 3.83. The Labute approximate surface area is 149 Å². The Morgan fingerprint density at radius 1 is 1.16 bits per heavy atom. The number of methoxy groups -OCH3 is 1. The summed E-state index contributed by atoms with van der Waals surface area (Å²) in [7, 11) is 1.62. The van der Waals surface area contributed by atoms with Gasteiger partial charge in [-0.15, -0.1) is 0 Å². The minimum atomic E-state index is 0.237. The average Bonchev–Trinajstić information content (AvgIpc) is 3.09. The first-order valence-electron chi connectivity index (χ1n) is 9.14. The minimum absolute atomic E-state index is 0.237. The lowest BCUT2D eigenvalue weighted by Crippen LogP contribution is -2.39. The summed E-state index contributed by atoms with van der Waals surface area (Å²) in [5.74, 6) is 2.59. The van der Waals surface area contributed by atoms with Crippen molar-refractivity contribution >= 4 is 5.82 Å². The van der Waals surface area contributed by atoms with Crippen LogP contribution in [0.1, 0.15) is 36.1 Å². The third kappa shape index (κ3) is 3.41. The van der Waals surface area contributed by atoms with Crippen LogP contribution in [0, 0.1) is 6.92 Å². The van der Waals surface area contributed by atoms with Crippen molar-refractivity contribution in [3.63, 3.8) is 0 Å². The van der Waals surface area contributed by atoms with Crippen LogP contribution in [0.4, 0.5) is 5.82 Å². The van der Waals surface area contributed by atoms with Gasteiger partial charge in [0.25, 0.3) is 0 Å². The van der Waals surface area contributed by atoms with Gasteiger partial charge in [-0.25, -0.2) is 9.97 Å². The second-order valence-corrected chi connectivity index (χ2v) is 6.93. The molecule has 1 aliphatic carbocycles. The number of nitrogens with zero attached hydrogens (tertiary/aromatic N) is 3. The molecule has 1 saturated heterocycles. The summed E-state index contributed by atoms with van der Waals surface area (Å²) in [6.07, 6.45) is 7.55. The van der Waals surface area contributed by atoms with Crippen molar-refractivity contribution in [2.75, 3.05) is 25.1 Å². The van der Waals surface area contributed by atoms with Crippen molar-refractivity contribution in [1.29, 1.82) is 0 Å². The molecule has 0 atom stereocenters. The molecule has 0 N–H and O–H groups in total. The van der Waals surface area contributed by atoms with Gasteiger partial charge >= 0.3 is 0 Å². The first kappa shape index (κ1) is 16.2. The minimum Gasteiger partial charge on any atom is -0.489 e. The van der Waals surface area contributed by atoms with Gasteiger partial charge < -0.3 is 14.4 Å². The van der Waals surface area contributed by atoms with Gasteiger partial charge in [-0.3, -0.25) is 0 Å². The highest BCUT2D eigenvalue weighted by molar-refractivity contribution is 5.50. The molecule has 0 radical (unpaired) electrons. The molecule has 1 aliphatic heterocycles. The van der Waals surface area contributed by atoms with E-state index in [1.165, 1.54) is 35.5 Å². The zero-order chi connectivity index (χ0) is 17.2. The second kappa shape index (κ2) is 6.90. The summed E-state index contributed by atoms with van der Waals surface area (Å²) in [5.41, 5.74) is 4.06. The summed E-state index contributed by atoms with van der Waals surface area (Å²) in [5, 5.41) is 0. The molecule has 5 nitrogen and oxygen atoms in total. The summed E-state index contributed by atoms with van der Waals surface area (Å²) in [6.45, 7) is 4.16. The Kier molecular flexibility index (Phi) is 4.47. The molecule has 0 saturated carbocycles. The van der Waals surface area contributed by atoms with Crippen molar-refractivity contribution in [2.24, 2.45) is 0 Å². The second-order valence-electron chi connectivity index (χ2n) is 6.93. The molecule has 0 aromatic carbocycles. The number of ether oxygens (including phenoxy) is 2.